The van der Waals surface area contributed by atoms with E-state index in [1.165, 1.54) is 128 Å². The summed E-state index contributed by atoms with van der Waals surface area (Å²) in [6, 6.07) is 0. The molecule has 0 aliphatic rings. The van der Waals surface area contributed by atoms with E-state index < -0.39 is 0 Å². The number of hydrogen-bond donors (Lipinski definition) is 0. The van der Waals surface area contributed by atoms with Crippen molar-refractivity contribution in [3.05, 3.63) is 48.6 Å². The summed E-state index contributed by atoms with van der Waals surface area (Å²) < 4.78 is 0. The van der Waals surface area contributed by atoms with Crippen molar-refractivity contribution in [2.75, 3.05) is 0 Å². The molecule has 0 aliphatic heterocycles. The van der Waals surface area contributed by atoms with Crippen LogP contribution in [0.1, 0.15) is 170 Å². The van der Waals surface area contributed by atoms with E-state index in [1.54, 1.807) is 0 Å². The van der Waals surface area contributed by atoms with Crippen molar-refractivity contribution in [3.8, 4) is 0 Å². The van der Waals surface area contributed by atoms with Gasteiger partial charge in [0.15, 0.2) is 0 Å². The number of hydrogen-bond acceptors (Lipinski definition) is 0. The zero-order chi connectivity index (χ0) is 25.8. The first kappa shape index (κ1) is 37.5. The molecule has 0 saturated carbocycles. The Morgan fingerprint density at radius 1 is 0.265 bits per heavy atom. The standard InChI is InChI=1S/C16H30.C12H22.C6H14/c1-3-5-7-9-11-13-15-16-14-12-10-8-6-4-2;1-3-5-7-9-11-12-10-8-6-4-2;1-3-5-6-4-2/h9,11,13,15H,3-8,10,12,14,16H2,1-2H3;9-12H,3-8H2,1-2H3;3-6H2,1-2H3/b11-9-,15-13+;11-9-,12-10+;. The molecule has 0 N–H and O–H groups in total. The Morgan fingerprint density at radius 3 is 0.824 bits per heavy atom. The Bertz CT molecular complexity index is 390. The van der Waals surface area contributed by atoms with Gasteiger partial charge in [0.05, 0.1) is 0 Å². The molecule has 0 nitrogen and oxygen atoms in total. The van der Waals surface area contributed by atoms with Crippen LogP contribution in [0.4, 0.5) is 0 Å². The van der Waals surface area contributed by atoms with Crippen molar-refractivity contribution < 1.29 is 0 Å². The van der Waals surface area contributed by atoms with Gasteiger partial charge in [-0.25, -0.2) is 0 Å². The molecule has 0 heteroatoms. The topological polar surface area (TPSA) is 0 Å². The average molecular weight is 475 g/mol. The minimum Gasteiger partial charge on any atom is -0.0845 e. The zero-order valence-corrected chi connectivity index (χ0v) is 24.8. The van der Waals surface area contributed by atoms with Gasteiger partial charge in [0.2, 0.25) is 0 Å². The van der Waals surface area contributed by atoms with Gasteiger partial charge in [-0.1, -0.05) is 186 Å². The molecule has 0 spiro atoms. The monoisotopic (exact) mass is 475 g/mol. The SMILES string of the molecule is CCCC/C=C\C=C\CCCC.CCCC/C=C\C=C\CCCCCCCC.CCCCCC. The second-order valence-electron chi connectivity index (χ2n) is 9.40. The Hall–Kier alpha value is -1.04. The average Bonchev–Trinajstić information content (AvgIpc) is 2.86. The third kappa shape index (κ3) is 48.4. The number of allylic oxidation sites excluding steroid dienone is 8. The first-order chi connectivity index (χ1) is 16.7. The molecule has 0 aromatic heterocycles. The van der Waals surface area contributed by atoms with E-state index in [4.69, 9.17) is 0 Å². The van der Waals surface area contributed by atoms with Crippen LogP contribution < -0.4 is 0 Å². The van der Waals surface area contributed by atoms with Crippen molar-refractivity contribution in [3.63, 3.8) is 0 Å². The molecule has 0 aromatic carbocycles. The van der Waals surface area contributed by atoms with Crippen LogP contribution in [0.15, 0.2) is 48.6 Å². The Labute approximate surface area is 218 Å². The van der Waals surface area contributed by atoms with E-state index >= 15 is 0 Å². The summed E-state index contributed by atoms with van der Waals surface area (Å²) in [7, 11) is 0. The van der Waals surface area contributed by atoms with Crippen LogP contribution in [0.5, 0.6) is 0 Å². The summed E-state index contributed by atoms with van der Waals surface area (Å²) in [4.78, 5) is 0. The third-order valence-corrected chi connectivity index (χ3v) is 5.62. The van der Waals surface area contributed by atoms with Gasteiger partial charge in [0, 0.05) is 0 Å². The van der Waals surface area contributed by atoms with Crippen LogP contribution in [0.2, 0.25) is 0 Å². The van der Waals surface area contributed by atoms with E-state index in [2.05, 4.69) is 90.2 Å². The van der Waals surface area contributed by atoms with Crippen LogP contribution >= 0.6 is 0 Å². The molecule has 0 radical (unpaired) electrons. The highest BCUT2D eigenvalue weighted by atomic mass is 13.9. The Kier molecular flexibility index (Phi) is 46.5. The molecular weight excluding hydrogens is 408 g/mol. The number of rotatable bonds is 21. The molecule has 0 fully saturated rings. The van der Waals surface area contributed by atoms with Crippen LogP contribution in [-0.4, -0.2) is 0 Å². The minimum atomic E-state index is 1.23. The Morgan fingerprint density at radius 2 is 0.500 bits per heavy atom. The van der Waals surface area contributed by atoms with Crippen LogP contribution in [-0.2, 0) is 0 Å². The molecule has 0 bridgehead atoms. The second kappa shape index (κ2) is 42.1. The van der Waals surface area contributed by atoms with Crippen LogP contribution in [0.25, 0.3) is 0 Å². The summed E-state index contributed by atoms with van der Waals surface area (Å²) in [5.74, 6) is 0. The van der Waals surface area contributed by atoms with Crippen LogP contribution in [0.3, 0.4) is 0 Å². The second-order valence-corrected chi connectivity index (χ2v) is 9.40. The highest BCUT2D eigenvalue weighted by Crippen LogP contribution is 2.07. The quantitative estimate of drug-likeness (QED) is 0.115. The van der Waals surface area contributed by atoms with Gasteiger partial charge in [0.1, 0.15) is 0 Å². The molecule has 0 rings (SSSR count). The predicted molar refractivity (Wildman–Crippen MR) is 163 cm³/mol. The van der Waals surface area contributed by atoms with E-state index in [9.17, 15) is 0 Å². The fourth-order valence-corrected chi connectivity index (χ4v) is 3.21. The zero-order valence-electron chi connectivity index (χ0n) is 24.8. The molecule has 0 unspecified atom stereocenters. The molecule has 0 amide bonds. The van der Waals surface area contributed by atoms with Crippen molar-refractivity contribution in [2.45, 2.75) is 170 Å². The number of unbranched alkanes of at least 4 members (excludes halogenated alkanes) is 15. The minimum absolute atomic E-state index is 1.23. The summed E-state index contributed by atoms with van der Waals surface area (Å²) in [5, 5.41) is 0. The van der Waals surface area contributed by atoms with Gasteiger partial charge in [0.25, 0.3) is 0 Å². The lowest BCUT2D eigenvalue weighted by molar-refractivity contribution is 0.611. The van der Waals surface area contributed by atoms with E-state index in [0.29, 0.717) is 0 Å². The fraction of sp³-hybridized carbons (Fsp3) is 0.765. The molecular formula is C34H66. The molecule has 202 valence electrons. The van der Waals surface area contributed by atoms with Crippen molar-refractivity contribution in [2.24, 2.45) is 0 Å². The summed E-state index contributed by atoms with van der Waals surface area (Å²) >= 11 is 0. The van der Waals surface area contributed by atoms with Gasteiger partial charge in [-0.05, 0) is 32.1 Å². The van der Waals surface area contributed by atoms with Crippen molar-refractivity contribution in [1.82, 2.24) is 0 Å². The van der Waals surface area contributed by atoms with E-state index in [0.717, 1.165) is 0 Å². The van der Waals surface area contributed by atoms with Gasteiger partial charge in [-0.15, -0.1) is 0 Å². The van der Waals surface area contributed by atoms with Crippen molar-refractivity contribution >= 4 is 0 Å². The lowest BCUT2D eigenvalue weighted by Gasteiger charge is -1.97. The summed E-state index contributed by atoms with van der Waals surface area (Å²) in [6.45, 7) is 13.4. The molecule has 0 atom stereocenters. The van der Waals surface area contributed by atoms with E-state index in [1.807, 2.05) is 0 Å². The third-order valence-electron chi connectivity index (χ3n) is 5.62. The van der Waals surface area contributed by atoms with Gasteiger partial charge >= 0.3 is 0 Å². The summed E-state index contributed by atoms with van der Waals surface area (Å²) in [5.41, 5.74) is 0. The van der Waals surface area contributed by atoms with Crippen LogP contribution in [0, 0.1) is 0 Å². The first-order valence-electron chi connectivity index (χ1n) is 15.4. The van der Waals surface area contributed by atoms with Gasteiger partial charge < -0.3 is 0 Å². The molecule has 0 aromatic rings. The maximum absolute atomic E-state index is 2.31. The van der Waals surface area contributed by atoms with Crippen molar-refractivity contribution in [1.29, 1.82) is 0 Å². The highest BCUT2D eigenvalue weighted by molar-refractivity contribution is 5.02. The Balaban J connectivity index is -0.000000469. The maximum atomic E-state index is 2.31. The maximum Gasteiger partial charge on any atom is -0.0348 e. The smallest absolute Gasteiger partial charge is 0.0348 e. The lowest BCUT2D eigenvalue weighted by Crippen LogP contribution is -1.77. The fourth-order valence-electron chi connectivity index (χ4n) is 3.21. The molecule has 0 saturated heterocycles. The molecule has 0 aliphatic carbocycles. The highest BCUT2D eigenvalue weighted by Gasteiger charge is 1.87. The molecule has 0 heterocycles. The largest absolute Gasteiger partial charge is 0.0845 e. The normalized spacial score (nSPS) is 11.4. The lowest BCUT2D eigenvalue weighted by atomic mass is 10.1. The van der Waals surface area contributed by atoms with Gasteiger partial charge in [-0.3, -0.25) is 0 Å². The first-order valence-corrected chi connectivity index (χ1v) is 15.4. The van der Waals surface area contributed by atoms with E-state index in [-0.39, 0.29) is 0 Å². The summed E-state index contributed by atoms with van der Waals surface area (Å²) in [6.07, 6.45) is 44.6. The predicted octanol–water partition coefficient (Wildman–Crippen LogP) is 13.1. The molecule has 34 heavy (non-hydrogen) atoms. The van der Waals surface area contributed by atoms with Gasteiger partial charge in [-0.2, -0.15) is 0 Å².